The maximum absolute atomic E-state index is 11.6. The van der Waals surface area contributed by atoms with Crippen LogP contribution in [0.25, 0.3) is 0 Å². The molecule has 0 aliphatic heterocycles. The molecule has 1 saturated carbocycles. The molecule has 0 heterocycles. The number of hydrogen-bond donors (Lipinski definition) is 3. The molecule has 2 rings (SSSR count). The second-order valence-corrected chi connectivity index (χ2v) is 4.66. The van der Waals surface area contributed by atoms with Gasteiger partial charge in [-0.1, -0.05) is 11.6 Å². The number of anilines is 1. The molecular weight excluding hydrogens is 256 g/mol. The first kappa shape index (κ1) is 12.7. The van der Waals surface area contributed by atoms with Gasteiger partial charge in [0.2, 0.25) is 0 Å². The normalized spacial score (nSPS) is 14.7. The van der Waals surface area contributed by atoms with Crippen LogP contribution < -0.4 is 10.6 Å². The smallest absolute Gasteiger partial charge is 0.337 e. The molecule has 1 aromatic carbocycles. The Labute approximate surface area is 109 Å². The molecule has 0 bridgehead atoms. The maximum Gasteiger partial charge on any atom is 0.337 e. The minimum atomic E-state index is -1.11. The average molecular weight is 269 g/mol. The van der Waals surface area contributed by atoms with Crippen molar-refractivity contribution in [3.05, 3.63) is 28.8 Å². The van der Waals surface area contributed by atoms with E-state index in [4.69, 9.17) is 16.7 Å². The first-order valence-electron chi connectivity index (χ1n) is 5.66. The second-order valence-electron chi connectivity index (χ2n) is 4.22. The number of benzene rings is 1. The van der Waals surface area contributed by atoms with Crippen molar-refractivity contribution in [3.63, 3.8) is 0 Å². The average Bonchev–Trinajstić information content (AvgIpc) is 2.23. The molecular formula is C12H13ClN2O3. The number of urea groups is 1. The molecule has 6 heteroatoms. The maximum atomic E-state index is 11.6. The predicted octanol–water partition coefficient (Wildman–Crippen LogP) is 2.71. The lowest BCUT2D eigenvalue weighted by molar-refractivity contribution is 0.0698. The van der Waals surface area contributed by atoms with Crippen LogP contribution >= 0.6 is 11.6 Å². The third-order valence-corrected chi connectivity index (χ3v) is 3.14. The van der Waals surface area contributed by atoms with Gasteiger partial charge >= 0.3 is 12.0 Å². The van der Waals surface area contributed by atoms with E-state index in [1.807, 2.05) is 0 Å². The Balaban J connectivity index is 2.08. The van der Waals surface area contributed by atoms with Crippen LogP contribution in [0.4, 0.5) is 10.5 Å². The van der Waals surface area contributed by atoms with E-state index in [0.717, 1.165) is 19.3 Å². The molecule has 18 heavy (non-hydrogen) atoms. The summed E-state index contributed by atoms with van der Waals surface area (Å²) in [5.74, 6) is -1.11. The Hall–Kier alpha value is -1.75. The van der Waals surface area contributed by atoms with E-state index in [0.29, 0.717) is 5.02 Å². The summed E-state index contributed by atoms with van der Waals surface area (Å²) in [6.07, 6.45) is 3.05. The van der Waals surface area contributed by atoms with Crippen LogP contribution in [0.15, 0.2) is 18.2 Å². The molecule has 0 spiro atoms. The molecule has 1 aromatic rings. The summed E-state index contributed by atoms with van der Waals surface area (Å²) in [7, 11) is 0. The fourth-order valence-corrected chi connectivity index (χ4v) is 1.87. The van der Waals surface area contributed by atoms with E-state index in [1.54, 1.807) is 0 Å². The molecule has 0 radical (unpaired) electrons. The number of carbonyl (C=O) groups is 2. The van der Waals surface area contributed by atoms with Gasteiger partial charge in [-0.3, -0.25) is 0 Å². The molecule has 1 fully saturated rings. The molecule has 5 nitrogen and oxygen atoms in total. The summed E-state index contributed by atoms with van der Waals surface area (Å²) < 4.78 is 0. The third kappa shape index (κ3) is 2.92. The highest BCUT2D eigenvalue weighted by molar-refractivity contribution is 6.31. The van der Waals surface area contributed by atoms with Crippen molar-refractivity contribution < 1.29 is 14.7 Å². The Morgan fingerprint density at radius 2 is 2.06 bits per heavy atom. The summed E-state index contributed by atoms with van der Waals surface area (Å²) >= 11 is 5.78. The van der Waals surface area contributed by atoms with Gasteiger partial charge in [0.25, 0.3) is 0 Å². The fourth-order valence-electron chi connectivity index (χ4n) is 1.70. The zero-order chi connectivity index (χ0) is 13.1. The lowest BCUT2D eigenvalue weighted by Crippen LogP contribution is -2.42. The van der Waals surface area contributed by atoms with Crippen LogP contribution in [0.2, 0.25) is 5.02 Å². The monoisotopic (exact) mass is 268 g/mol. The second kappa shape index (κ2) is 5.27. The summed E-state index contributed by atoms with van der Waals surface area (Å²) in [4.78, 5) is 22.6. The van der Waals surface area contributed by atoms with Crippen LogP contribution in [0.5, 0.6) is 0 Å². The van der Waals surface area contributed by atoms with Gasteiger partial charge in [0, 0.05) is 11.1 Å². The van der Waals surface area contributed by atoms with Crippen LogP contribution in [0, 0.1) is 0 Å². The number of halogens is 1. The third-order valence-electron chi connectivity index (χ3n) is 2.90. The molecule has 3 N–H and O–H groups in total. The number of nitrogens with one attached hydrogen (secondary N) is 2. The Morgan fingerprint density at radius 3 is 2.61 bits per heavy atom. The molecule has 1 aliphatic carbocycles. The summed E-state index contributed by atoms with van der Waals surface area (Å²) in [5, 5.41) is 14.6. The zero-order valence-electron chi connectivity index (χ0n) is 9.57. The molecule has 0 unspecified atom stereocenters. The van der Waals surface area contributed by atoms with Gasteiger partial charge in [0.15, 0.2) is 0 Å². The van der Waals surface area contributed by atoms with Crippen LogP contribution in [0.3, 0.4) is 0 Å². The van der Waals surface area contributed by atoms with Crippen molar-refractivity contribution in [3.8, 4) is 0 Å². The first-order valence-corrected chi connectivity index (χ1v) is 6.04. The van der Waals surface area contributed by atoms with Gasteiger partial charge in [0.05, 0.1) is 11.3 Å². The van der Waals surface area contributed by atoms with Gasteiger partial charge in [-0.15, -0.1) is 0 Å². The Bertz CT molecular complexity index is 486. The molecule has 1 aliphatic rings. The highest BCUT2D eigenvalue weighted by Crippen LogP contribution is 2.22. The van der Waals surface area contributed by atoms with Gasteiger partial charge in [0.1, 0.15) is 0 Å². The highest BCUT2D eigenvalue weighted by Gasteiger charge is 2.20. The van der Waals surface area contributed by atoms with E-state index in [1.165, 1.54) is 18.2 Å². The Morgan fingerprint density at radius 1 is 1.33 bits per heavy atom. The minimum Gasteiger partial charge on any atom is -0.478 e. The summed E-state index contributed by atoms with van der Waals surface area (Å²) in [6, 6.07) is 4.05. The van der Waals surface area contributed by atoms with Gasteiger partial charge < -0.3 is 15.7 Å². The number of carboxylic acid groups (broad SMARTS) is 1. The van der Waals surface area contributed by atoms with Crippen LogP contribution in [-0.4, -0.2) is 23.1 Å². The molecule has 2 amide bonds. The SMILES string of the molecule is O=C(Nc1cc(Cl)ccc1C(=O)O)NC1CCC1. The van der Waals surface area contributed by atoms with Crippen molar-refractivity contribution in [1.29, 1.82) is 0 Å². The number of rotatable bonds is 3. The highest BCUT2D eigenvalue weighted by atomic mass is 35.5. The van der Waals surface area contributed by atoms with Crippen LogP contribution in [0.1, 0.15) is 29.6 Å². The molecule has 96 valence electrons. The van der Waals surface area contributed by atoms with Crippen molar-refractivity contribution in [2.24, 2.45) is 0 Å². The van der Waals surface area contributed by atoms with Crippen molar-refractivity contribution in [2.45, 2.75) is 25.3 Å². The first-order chi connectivity index (χ1) is 8.56. The Kier molecular flexibility index (Phi) is 3.72. The minimum absolute atomic E-state index is 0.0168. The number of hydrogen-bond acceptors (Lipinski definition) is 2. The van der Waals surface area contributed by atoms with E-state index < -0.39 is 12.0 Å². The van der Waals surface area contributed by atoms with Gasteiger partial charge in [-0.25, -0.2) is 9.59 Å². The molecule has 0 saturated heterocycles. The number of carboxylic acids is 1. The van der Waals surface area contributed by atoms with E-state index in [2.05, 4.69) is 10.6 Å². The standard InChI is InChI=1S/C12H13ClN2O3/c13-7-4-5-9(11(16)17)10(6-7)15-12(18)14-8-2-1-3-8/h4-6,8H,1-3H2,(H,16,17)(H2,14,15,18). The van der Waals surface area contributed by atoms with E-state index in [-0.39, 0.29) is 17.3 Å². The van der Waals surface area contributed by atoms with E-state index >= 15 is 0 Å². The predicted molar refractivity (Wildman–Crippen MR) is 68.2 cm³/mol. The van der Waals surface area contributed by atoms with Crippen molar-refractivity contribution in [1.82, 2.24) is 5.32 Å². The fraction of sp³-hybridized carbons (Fsp3) is 0.333. The lowest BCUT2D eigenvalue weighted by atomic mass is 9.93. The van der Waals surface area contributed by atoms with Gasteiger partial charge in [-0.05, 0) is 37.5 Å². The van der Waals surface area contributed by atoms with E-state index in [9.17, 15) is 9.59 Å². The quantitative estimate of drug-likeness (QED) is 0.789. The number of aromatic carboxylic acids is 1. The molecule has 0 atom stereocenters. The van der Waals surface area contributed by atoms with Crippen molar-refractivity contribution in [2.75, 3.05) is 5.32 Å². The zero-order valence-corrected chi connectivity index (χ0v) is 10.3. The van der Waals surface area contributed by atoms with Crippen molar-refractivity contribution >= 4 is 29.3 Å². The number of amides is 2. The number of carbonyl (C=O) groups excluding carboxylic acids is 1. The topological polar surface area (TPSA) is 78.4 Å². The summed E-state index contributed by atoms with van der Waals surface area (Å²) in [5.41, 5.74) is 0.218. The summed E-state index contributed by atoms with van der Waals surface area (Å²) in [6.45, 7) is 0. The molecule has 0 aromatic heterocycles. The van der Waals surface area contributed by atoms with Crippen LogP contribution in [-0.2, 0) is 0 Å². The van der Waals surface area contributed by atoms with Gasteiger partial charge in [-0.2, -0.15) is 0 Å². The largest absolute Gasteiger partial charge is 0.478 e. The lowest BCUT2D eigenvalue weighted by Gasteiger charge is -2.26.